The van der Waals surface area contributed by atoms with Crippen molar-refractivity contribution in [2.45, 2.75) is 6.92 Å². The first kappa shape index (κ1) is 20.5. The standard InChI is InChI=1S/C21H24N4O4/c1-3-29-21(28)15-4-6-17(7-5-15)23-19(26)18-14-16(8-9-22-18)20(27)25-12-10-24(2)11-13-25/h4-9,14H,3,10-13H2,1-2H3,(H,23,26). The summed E-state index contributed by atoms with van der Waals surface area (Å²) in [6.07, 6.45) is 1.46. The SMILES string of the molecule is CCOC(=O)c1ccc(NC(=O)c2cc(C(=O)N3CCN(C)CC3)ccn2)cc1. The van der Waals surface area contributed by atoms with E-state index >= 15 is 0 Å². The van der Waals surface area contributed by atoms with Crippen molar-refractivity contribution in [3.8, 4) is 0 Å². The van der Waals surface area contributed by atoms with Gasteiger partial charge in [-0.3, -0.25) is 14.6 Å². The zero-order chi connectivity index (χ0) is 20.8. The number of nitrogens with one attached hydrogen (secondary N) is 1. The highest BCUT2D eigenvalue weighted by atomic mass is 16.5. The molecule has 8 nitrogen and oxygen atoms in total. The smallest absolute Gasteiger partial charge is 0.338 e. The molecular weight excluding hydrogens is 372 g/mol. The zero-order valence-corrected chi connectivity index (χ0v) is 16.6. The van der Waals surface area contributed by atoms with E-state index in [0.29, 0.717) is 36.5 Å². The predicted molar refractivity (Wildman–Crippen MR) is 108 cm³/mol. The minimum absolute atomic E-state index is 0.103. The Morgan fingerprint density at radius 3 is 2.38 bits per heavy atom. The number of likely N-dealkylation sites (N-methyl/N-ethyl adjacent to an activating group) is 1. The van der Waals surface area contributed by atoms with Gasteiger partial charge in [0.15, 0.2) is 0 Å². The largest absolute Gasteiger partial charge is 0.462 e. The molecule has 8 heteroatoms. The molecule has 1 N–H and O–H groups in total. The van der Waals surface area contributed by atoms with Crippen LogP contribution in [0, 0.1) is 0 Å². The Labute approximate surface area is 169 Å². The summed E-state index contributed by atoms with van der Waals surface area (Å²) < 4.78 is 4.93. The molecule has 2 heterocycles. The van der Waals surface area contributed by atoms with E-state index in [4.69, 9.17) is 4.74 Å². The molecule has 1 saturated heterocycles. The fourth-order valence-corrected chi connectivity index (χ4v) is 2.98. The van der Waals surface area contributed by atoms with Gasteiger partial charge in [0.25, 0.3) is 11.8 Å². The number of hydrogen-bond acceptors (Lipinski definition) is 6. The first-order chi connectivity index (χ1) is 14.0. The zero-order valence-electron chi connectivity index (χ0n) is 16.6. The highest BCUT2D eigenvalue weighted by Crippen LogP contribution is 2.13. The summed E-state index contributed by atoms with van der Waals surface area (Å²) in [4.78, 5) is 45.0. The quantitative estimate of drug-likeness (QED) is 0.776. The van der Waals surface area contributed by atoms with Gasteiger partial charge in [-0.25, -0.2) is 4.79 Å². The molecule has 1 aromatic heterocycles. The topological polar surface area (TPSA) is 91.8 Å². The van der Waals surface area contributed by atoms with Crippen molar-refractivity contribution in [3.63, 3.8) is 0 Å². The van der Waals surface area contributed by atoms with E-state index in [1.807, 2.05) is 7.05 Å². The third kappa shape index (κ3) is 5.17. The summed E-state index contributed by atoms with van der Waals surface area (Å²) in [7, 11) is 2.02. The first-order valence-electron chi connectivity index (χ1n) is 9.50. The van der Waals surface area contributed by atoms with Crippen molar-refractivity contribution >= 4 is 23.5 Å². The number of carbonyl (C=O) groups is 3. The van der Waals surface area contributed by atoms with E-state index in [2.05, 4.69) is 15.2 Å². The van der Waals surface area contributed by atoms with Crippen LogP contribution < -0.4 is 5.32 Å². The lowest BCUT2D eigenvalue weighted by Gasteiger charge is -2.32. The number of carbonyl (C=O) groups excluding carboxylic acids is 3. The molecule has 0 aliphatic carbocycles. The number of ether oxygens (including phenoxy) is 1. The van der Waals surface area contributed by atoms with Crippen molar-refractivity contribution in [2.75, 3.05) is 45.2 Å². The summed E-state index contributed by atoms with van der Waals surface area (Å²) >= 11 is 0. The van der Waals surface area contributed by atoms with Crippen LogP contribution in [0.25, 0.3) is 0 Å². The lowest BCUT2D eigenvalue weighted by molar-refractivity contribution is 0.0526. The summed E-state index contributed by atoms with van der Waals surface area (Å²) in [6.45, 7) is 5.00. The number of esters is 1. The lowest BCUT2D eigenvalue weighted by Crippen LogP contribution is -2.47. The van der Waals surface area contributed by atoms with Crippen LogP contribution >= 0.6 is 0 Å². The molecule has 0 atom stereocenters. The van der Waals surface area contributed by atoms with E-state index in [-0.39, 0.29) is 11.6 Å². The van der Waals surface area contributed by atoms with Gasteiger partial charge in [-0.15, -0.1) is 0 Å². The van der Waals surface area contributed by atoms with Crippen molar-refractivity contribution in [1.29, 1.82) is 0 Å². The molecule has 2 aromatic rings. The van der Waals surface area contributed by atoms with E-state index in [9.17, 15) is 14.4 Å². The number of pyridine rings is 1. The number of benzene rings is 1. The van der Waals surface area contributed by atoms with Crippen molar-refractivity contribution in [2.24, 2.45) is 0 Å². The van der Waals surface area contributed by atoms with Crippen molar-refractivity contribution in [3.05, 3.63) is 59.4 Å². The van der Waals surface area contributed by atoms with Crippen LogP contribution in [0.5, 0.6) is 0 Å². The van der Waals surface area contributed by atoms with Crippen LogP contribution in [-0.2, 0) is 4.74 Å². The maximum atomic E-state index is 12.7. The number of rotatable bonds is 5. The van der Waals surface area contributed by atoms with Crippen molar-refractivity contribution in [1.82, 2.24) is 14.8 Å². The second-order valence-electron chi connectivity index (χ2n) is 6.78. The lowest BCUT2D eigenvalue weighted by atomic mass is 10.1. The second kappa shape index (κ2) is 9.29. The van der Waals surface area contributed by atoms with Gasteiger partial charge in [0.1, 0.15) is 5.69 Å². The van der Waals surface area contributed by atoms with E-state index in [1.54, 1.807) is 42.2 Å². The number of hydrogen-bond donors (Lipinski definition) is 1. The number of anilines is 1. The number of piperazine rings is 1. The fourth-order valence-electron chi connectivity index (χ4n) is 2.98. The minimum Gasteiger partial charge on any atom is -0.462 e. The van der Waals surface area contributed by atoms with E-state index in [1.165, 1.54) is 12.3 Å². The Morgan fingerprint density at radius 1 is 1.03 bits per heavy atom. The summed E-state index contributed by atoms with van der Waals surface area (Å²) in [5.41, 5.74) is 1.51. The molecule has 1 aromatic carbocycles. The normalized spacial score (nSPS) is 14.3. The van der Waals surface area contributed by atoms with Crippen LogP contribution in [0.4, 0.5) is 5.69 Å². The van der Waals surface area contributed by atoms with E-state index in [0.717, 1.165) is 13.1 Å². The Morgan fingerprint density at radius 2 is 1.72 bits per heavy atom. The van der Waals surface area contributed by atoms with Gasteiger partial charge in [-0.05, 0) is 50.4 Å². The molecule has 1 aliphatic rings. The molecule has 29 heavy (non-hydrogen) atoms. The molecule has 2 amide bonds. The van der Waals surface area contributed by atoms with Gasteiger partial charge < -0.3 is 19.9 Å². The van der Waals surface area contributed by atoms with Crippen molar-refractivity contribution < 1.29 is 19.1 Å². The predicted octanol–water partition coefficient (Wildman–Crippen LogP) is 1.90. The summed E-state index contributed by atoms with van der Waals surface area (Å²) in [5.74, 6) is -0.947. The highest BCUT2D eigenvalue weighted by Gasteiger charge is 2.21. The maximum Gasteiger partial charge on any atom is 0.338 e. The molecule has 0 unspecified atom stereocenters. The van der Waals surface area contributed by atoms with Gasteiger partial charge in [0, 0.05) is 43.6 Å². The van der Waals surface area contributed by atoms with Crippen LogP contribution in [0.2, 0.25) is 0 Å². The van der Waals surface area contributed by atoms with Crippen LogP contribution in [-0.4, -0.2) is 72.4 Å². The molecule has 3 rings (SSSR count). The number of nitrogens with zero attached hydrogens (tertiary/aromatic N) is 3. The number of amides is 2. The Balaban J connectivity index is 1.66. The molecule has 0 spiro atoms. The summed E-state index contributed by atoms with van der Waals surface area (Å²) in [6, 6.07) is 9.50. The Kier molecular flexibility index (Phi) is 6.56. The Bertz CT molecular complexity index is 890. The van der Waals surface area contributed by atoms with Gasteiger partial charge in [-0.2, -0.15) is 0 Å². The molecule has 1 aliphatic heterocycles. The van der Waals surface area contributed by atoms with Gasteiger partial charge in [0.2, 0.25) is 0 Å². The average Bonchev–Trinajstić information content (AvgIpc) is 2.74. The fraction of sp³-hybridized carbons (Fsp3) is 0.333. The van der Waals surface area contributed by atoms with Crippen LogP contribution in [0.3, 0.4) is 0 Å². The minimum atomic E-state index is -0.429. The maximum absolute atomic E-state index is 12.7. The molecule has 152 valence electrons. The third-order valence-electron chi connectivity index (χ3n) is 4.68. The monoisotopic (exact) mass is 396 g/mol. The van der Waals surface area contributed by atoms with Gasteiger partial charge in [-0.1, -0.05) is 0 Å². The first-order valence-corrected chi connectivity index (χ1v) is 9.50. The number of aromatic nitrogens is 1. The van der Waals surface area contributed by atoms with Gasteiger partial charge in [0.05, 0.1) is 12.2 Å². The molecule has 0 saturated carbocycles. The van der Waals surface area contributed by atoms with E-state index < -0.39 is 11.9 Å². The molecule has 1 fully saturated rings. The average molecular weight is 396 g/mol. The summed E-state index contributed by atoms with van der Waals surface area (Å²) in [5, 5.41) is 2.72. The van der Waals surface area contributed by atoms with Crippen LogP contribution in [0.15, 0.2) is 42.6 Å². The third-order valence-corrected chi connectivity index (χ3v) is 4.68. The van der Waals surface area contributed by atoms with Gasteiger partial charge >= 0.3 is 5.97 Å². The van der Waals surface area contributed by atoms with Crippen LogP contribution in [0.1, 0.15) is 38.1 Å². The second-order valence-corrected chi connectivity index (χ2v) is 6.78. The molecular formula is C21H24N4O4. The molecule has 0 radical (unpaired) electrons. The Hall–Kier alpha value is -3.26. The highest BCUT2D eigenvalue weighted by molar-refractivity contribution is 6.05. The molecule has 0 bridgehead atoms.